The third-order valence-electron chi connectivity index (χ3n) is 3.21. The summed E-state index contributed by atoms with van der Waals surface area (Å²) in [6, 6.07) is 10.9. The first kappa shape index (κ1) is 13.1. The summed E-state index contributed by atoms with van der Waals surface area (Å²) < 4.78 is 5.83. The van der Waals surface area contributed by atoms with Gasteiger partial charge >= 0.3 is 5.97 Å². The summed E-state index contributed by atoms with van der Waals surface area (Å²) >= 11 is 0. The van der Waals surface area contributed by atoms with Crippen LogP contribution < -0.4 is 4.74 Å². The summed E-state index contributed by atoms with van der Waals surface area (Å²) in [5, 5.41) is 9.25. The van der Waals surface area contributed by atoms with Crippen molar-refractivity contribution in [1.29, 1.82) is 0 Å². The Bertz CT molecular complexity index is 630. The Hall–Kier alpha value is -2.29. The number of hydrogen-bond acceptors (Lipinski definition) is 2. The number of carboxylic acid groups (broad SMARTS) is 1. The van der Waals surface area contributed by atoms with Crippen LogP contribution in [0.3, 0.4) is 0 Å². The van der Waals surface area contributed by atoms with Crippen LogP contribution in [-0.4, -0.2) is 11.1 Å². The third-order valence-corrected chi connectivity index (χ3v) is 3.21. The molecule has 1 N–H and O–H groups in total. The molecule has 0 fully saturated rings. The largest absolute Gasteiger partial charge is 0.478 e. The van der Waals surface area contributed by atoms with Crippen molar-refractivity contribution >= 4 is 5.97 Å². The zero-order chi connectivity index (χ0) is 14.0. The molecule has 0 heterocycles. The molecule has 0 saturated heterocycles. The number of rotatable bonds is 3. The number of ether oxygens (including phenoxy) is 1. The lowest BCUT2D eigenvalue weighted by Gasteiger charge is -2.14. The minimum Gasteiger partial charge on any atom is -0.478 e. The molecule has 0 amide bonds. The SMILES string of the molecule is Cc1ccccc1Oc1c(C(=O)O)ccc(C)c1C. The minimum atomic E-state index is -0.980. The molecule has 0 unspecified atom stereocenters. The highest BCUT2D eigenvalue weighted by atomic mass is 16.5. The second-order valence-corrected chi connectivity index (χ2v) is 4.56. The van der Waals surface area contributed by atoms with E-state index in [1.54, 1.807) is 12.1 Å². The first-order valence-electron chi connectivity index (χ1n) is 6.07. The van der Waals surface area contributed by atoms with E-state index in [0.717, 1.165) is 16.7 Å². The number of carbonyl (C=O) groups is 1. The van der Waals surface area contributed by atoms with Crippen LogP contribution in [0.1, 0.15) is 27.0 Å². The van der Waals surface area contributed by atoms with Crippen LogP contribution in [0.25, 0.3) is 0 Å². The van der Waals surface area contributed by atoms with Crippen molar-refractivity contribution in [1.82, 2.24) is 0 Å². The Morgan fingerprint density at radius 2 is 1.68 bits per heavy atom. The van der Waals surface area contributed by atoms with E-state index in [-0.39, 0.29) is 5.56 Å². The van der Waals surface area contributed by atoms with E-state index >= 15 is 0 Å². The van der Waals surface area contributed by atoms with Gasteiger partial charge < -0.3 is 9.84 Å². The summed E-state index contributed by atoms with van der Waals surface area (Å²) in [5.41, 5.74) is 3.02. The van der Waals surface area contributed by atoms with Crippen LogP contribution in [0.4, 0.5) is 0 Å². The van der Waals surface area contributed by atoms with E-state index < -0.39 is 5.97 Å². The number of aromatic carboxylic acids is 1. The highest BCUT2D eigenvalue weighted by Gasteiger charge is 2.16. The van der Waals surface area contributed by atoms with Gasteiger partial charge in [-0.15, -0.1) is 0 Å². The molecule has 0 saturated carbocycles. The van der Waals surface area contributed by atoms with Crippen LogP contribution in [0.2, 0.25) is 0 Å². The number of aryl methyl sites for hydroxylation is 2. The molecule has 2 aromatic carbocycles. The van der Waals surface area contributed by atoms with Crippen molar-refractivity contribution in [3.05, 3.63) is 58.7 Å². The first-order chi connectivity index (χ1) is 9.00. The van der Waals surface area contributed by atoms with E-state index in [2.05, 4.69) is 0 Å². The van der Waals surface area contributed by atoms with Crippen molar-refractivity contribution in [2.24, 2.45) is 0 Å². The fourth-order valence-corrected chi connectivity index (χ4v) is 1.87. The van der Waals surface area contributed by atoms with Crippen LogP contribution in [0.5, 0.6) is 11.5 Å². The average Bonchev–Trinajstić information content (AvgIpc) is 2.37. The molecular formula is C16H16O3. The van der Waals surface area contributed by atoms with Gasteiger partial charge in [0.2, 0.25) is 0 Å². The number of para-hydroxylation sites is 1. The fourth-order valence-electron chi connectivity index (χ4n) is 1.87. The van der Waals surface area contributed by atoms with Gasteiger partial charge in [0.15, 0.2) is 0 Å². The summed E-state index contributed by atoms with van der Waals surface area (Å²) in [5.74, 6) is 0.118. The van der Waals surface area contributed by atoms with Gasteiger partial charge in [0.25, 0.3) is 0 Å². The van der Waals surface area contributed by atoms with Crippen molar-refractivity contribution in [3.8, 4) is 11.5 Å². The van der Waals surface area contributed by atoms with E-state index in [1.165, 1.54) is 0 Å². The normalized spacial score (nSPS) is 10.3. The van der Waals surface area contributed by atoms with Gasteiger partial charge in [-0.05, 0) is 49.6 Å². The lowest BCUT2D eigenvalue weighted by Crippen LogP contribution is -2.03. The van der Waals surface area contributed by atoms with Gasteiger partial charge in [-0.3, -0.25) is 0 Å². The molecule has 0 aliphatic carbocycles. The molecule has 3 heteroatoms. The second kappa shape index (κ2) is 5.14. The maximum absolute atomic E-state index is 11.3. The van der Waals surface area contributed by atoms with Gasteiger partial charge in [0, 0.05) is 0 Å². The summed E-state index contributed by atoms with van der Waals surface area (Å²) in [7, 11) is 0. The Balaban J connectivity index is 2.53. The molecule has 0 radical (unpaired) electrons. The second-order valence-electron chi connectivity index (χ2n) is 4.56. The van der Waals surface area contributed by atoms with Crippen LogP contribution in [0, 0.1) is 20.8 Å². The zero-order valence-corrected chi connectivity index (χ0v) is 11.2. The standard InChI is InChI=1S/C16H16O3/c1-10-8-9-13(16(17)18)15(12(10)3)19-14-7-5-4-6-11(14)2/h4-9H,1-3H3,(H,17,18). The van der Waals surface area contributed by atoms with Gasteiger partial charge in [-0.25, -0.2) is 4.79 Å². The fraction of sp³-hybridized carbons (Fsp3) is 0.188. The predicted octanol–water partition coefficient (Wildman–Crippen LogP) is 4.10. The molecule has 0 bridgehead atoms. The van der Waals surface area contributed by atoms with E-state index in [0.29, 0.717) is 11.5 Å². The summed E-state index contributed by atoms with van der Waals surface area (Å²) in [4.78, 5) is 11.3. The predicted molar refractivity (Wildman–Crippen MR) is 74.1 cm³/mol. The first-order valence-corrected chi connectivity index (χ1v) is 6.07. The van der Waals surface area contributed by atoms with Crippen molar-refractivity contribution in [2.45, 2.75) is 20.8 Å². The van der Waals surface area contributed by atoms with Crippen LogP contribution in [-0.2, 0) is 0 Å². The molecule has 0 aromatic heterocycles. The van der Waals surface area contributed by atoms with Crippen LogP contribution in [0.15, 0.2) is 36.4 Å². The Morgan fingerprint density at radius 1 is 1.00 bits per heavy atom. The molecule has 0 aliphatic rings. The molecule has 2 aromatic rings. The van der Waals surface area contributed by atoms with Crippen LogP contribution >= 0.6 is 0 Å². The third kappa shape index (κ3) is 2.60. The molecule has 0 aliphatic heterocycles. The monoisotopic (exact) mass is 256 g/mol. The van der Waals surface area contributed by atoms with E-state index in [1.807, 2.05) is 45.0 Å². The highest BCUT2D eigenvalue weighted by Crippen LogP contribution is 2.32. The van der Waals surface area contributed by atoms with Gasteiger partial charge in [0.1, 0.15) is 17.1 Å². The smallest absolute Gasteiger partial charge is 0.339 e. The van der Waals surface area contributed by atoms with Crippen molar-refractivity contribution in [3.63, 3.8) is 0 Å². The van der Waals surface area contributed by atoms with Gasteiger partial charge in [0.05, 0.1) is 0 Å². The lowest BCUT2D eigenvalue weighted by molar-refractivity contribution is 0.0694. The Labute approximate surface area is 112 Å². The van der Waals surface area contributed by atoms with Crippen molar-refractivity contribution in [2.75, 3.05) is 0 Å². The molecule has 0 atom stereocenters. The average molecular weight is 256 g/mol. The van der Waals surface area contributed by atoms with E-state index in [9.17, 15) is 9.90 Å². The molecule has 0 spiro atoms. The Morgan fingerprint density at radius 3 is 2.32 bits per heavy atom. The van der Waals surface area contributed by atoms with Crippen molar-refractivity contribution < 1.29 is 14.6 Å². The summed E-state index contributed by atoms with van der Waals surface area (Å²) in [6.07, 6.45) is 0. The molecule has 19 heavy (non-hydrogen) atoms. The van der Waals surface area contributed by atoms with E-state index in [4.69, 9.17) is 4.74 Å². The number of hydrogen-bond donors (Lipinski definition) is 1. The quantitative estimate of drug-likeness (QED) is 0.899. The molecule has 3 nitrogen and oxygen atoms in total. The molecule has 98 valence electrons. The minimum absolute atomic E-state index is 0.186. The topological polar surface area (TPSA) is 46.5 Å². The number of benzene rings is 2. The van der Waals surface area contributed by atoms with Gasteiger partial charge in [-0.2, -0.15) is 0 Å². The summed E-state index contributed by atoms with van der Waals surface area (Å²) in [6.45, 7) is 5.74. The lowest BCUT2D eigenvalue weighted by atomic mass is 10.0. The maximum Gasteiger partial charge on any atom is 0.339 e. The molecular weight excluding hydrogens is 240 g/mol. The zero-order valence-electron chi connectivity index (χ0n) is 11.2. The van der Waals surface area contributed by atoms with Gasteiger partial charge in [-0.1, -0.05) is 24.3 Å². The number of carboxylic acids is 1. The Kier molecular flexibility index (Phi) is 3.56. The maximum atomic E-state index is 11.3. The molecule has 2 rings (SSSR count). The highest BCUT2D eigenvalue weighted by molar-refractivity contribution is 5.91.